The first-order valence-corrected chi connectivity index (χ1v) is 5.56. The van der Waals surface area contributed by atoms with E-state index in [-0.39, 0.29) is 5.56 Å². The molecule has 0 fully saturated rings. The second kappa shape index (κ2) is 4.94. The van der Waals surface area contributed by atoms with Crippen LogP contribution in [0.2, 0.25) is 0 Å². The van der Waals surface area contributed by atoms with E-state index in [9.17, 15) is 4.79 Å². The maximum Gasteiger partial charge on any atom is 0.252 e. The number of aromatic amines is 1. The Labute approximate surface area is 101 Å². The smallest absolute Gasteiger partial charge is 0.252 e. The highest BCUT2D eigenvalue weighted by molar-refractivity contribution is 9.10. The van der Waals surface area contributed by atoms with Gasteiger partial charge in [0.15, 0.2) is 0 Å². The number of anilines is 1. The highest BCUT2D eigenvalue weighted by atomic mass is 79.9. The van der Waals surface area contributed by atoms with Gasteiger partial charge in [0.2, 0.25) is 0 Å². The van der Waals surface area contributed by atoms with E-state index in [1.807, 2.05) is 24.3 Å². The van der Waals surface area contributed by atoms with Crippen LogP contribution in [0.15, 0.2) is 45.9 Å². The molecule has 82 valence electrons. The molecule has 0 spiro atoms. The van der Waals surface area contributed by atoms with Crippen LogP contribution in [-0.4, -0.2) is 9.97 Å². The van der Waals surface area contributed by atoms with Crippen LogP contribution in [0.5, 0.6) is 0 Å². The molecule has 0 radical (unpaired) electrons. The predicted octanol–water partition coefficient (Wildman–Crippen LogP) is 2.14. The van der Waals surface area contributed by atoms with Crippen molar-refractivity contribution in [3.8, 4) is 0 Å². The van der Waals surface area contributed by atoms with Crippen molar-refractivity contribution in [3.05, 3.63) is 57.0 Å². The molecule has 0 unspecified atom stereocenters. The Kier molecular flexibility index (Phi) is 3.36. The molecule has 0 aliphatic heterocycles. The zero-order chi connectivity index (χ0) is 11.4. The Morgan fingerprint density at radius 2 is 2.25 bits per heavy atom. The average Bonchev–Trinajstić information content (AvgIpc) is 2.27. The molecular weight excluding hydrogens is 270 g/mol. The third-order valence-corrected chi connectivity index (χ3v) is 2.53. The van der Waals surface area contributed by atoms with Crippen molar-refractivity contribution in [3.63, 3.8) is 0 Å². The SMILES string of the molecule is O=c1cc(NCc2cccc(Br)c2)nc[nH]1. The molecule has 0 aliphatic carbocycles. The molecule has 16 heavy (non-hydrogen) atoms. The number of H-pyrrole nitrogens is 1. The molecule has 1 heterocycles. The summed E-state index contributed by atoms with van der Waals surface area (Å²) in [6.45, 7) is 0.635. The monoisotopic (exact) mass is 279 g/mol. The molecule has 0 aliphatic rings. The summed E-state index contributed by atoms with van der Waals surface area (Å²) in [4.78, 5) is 17.5. The van der Waals surface area contributed by atoms with Crippen LogP contribution in [0, 0.1) is 0 Å². The third-order valence-electron chi connectivity index (χ3n) is 2.04. The lowest BCUT2D eigenvalue weighted by Gasteiger charge is -2.04. The van der Waals surface area contributed by atoms with Crippen LogP contribution >= 0.6 is 15.9 Å². The van der Waals surface area contributed by atoms with Gasteiger partial charge in [0.1, 0.15) is 5.82 Å². The Bertz CT molecular complexity index is 539. The second-order valence-electron chi connectivity index (χ2n) is 3.28. The summed E-state index contributed by atoms with van der Waals surface area (Å²) in [5.41, 5.74) is 0.961. The fourth-order valence-electron chi connectivity index (χ4n) is 1.30. The number of nitrogens with one attached hydrogen (secondary N) is 2. The average molecular weight is 280 g/mol. The van der Waals surface area contributed by atoms with Gasteiger partial charge >= 0.3 is 0 Å². The zero-order valence-corrected chi connectivity index (χ0v) is 9.99. The first-order valence-electron chi connectivity index (χ1n) is 4.77. The van der Waals surface area contributed by atoms with Crippen LogP contribution in [0.3, 0.4) is 0 Å². The molecule has 1 aromatic heterocycles. The largest absolute Gasteiger partial charge is 0.366 e. The topological polar surface area (TPSA) is 57.8 Å². The molecular formula is C11H10BrN3O. The van der Waals surface area contributed by atoms with Gasteiger partial charge in [0.05, 0.1) is 6.33 Å². The standard InChI is InChI=1S/C11H10BrN3O/c12-9-3-1-2-8(4-9)6-13-10-5-11(16)15-7-14-10/h1-5,7H,6H2,(H2,13,14,15,16). The Morgan fingerprint density at radius 1 is 1.38 bits per heavy atom. The van der Waals surface area contributed by atoms with Crippen LogP contribution < -0.4 is 10.9 Å². The summed E-state index contributed by atoms with van der Waals surface area (Å²) >= 11 is 3.40. The van der Waals surface area contributed by atoms with Crippen LogP contribution in [0.4, 0.5) is 5.82 Å². The van der Waals surface area contributed by atoms with Crippen molar-refractivity contribution in [2.45, 2.75) is 6.54 Å². The molecule has 2 N–H and O–H groups in total. The molecule has 2 aromatic rings. The van der Waals surface area contributed by atoms with E-state index in [2.05, 4.69) is 31.2 Å². The van der Waals surface area contributed by atoms with E-state index >= 15 is 0 Å². The molecule has 2 rings (SSSR count). The van der Waals surface area contributed by atoms with Gasteiger partial charge in [-0.25, -0.2) is 4.98 Å². The van der Waals surface area contributed by atoms with E-state index in [1.54, 1.807) is 0 Å². The number of aromatic nitrogens is 2. The van der Waals surface area contributed by atoms with Crippen molar-refractivity contribution in [2.75, 3.05) is 5.32 Å². The molecule has 0 bridgehead atoms. The molecule has 1 aromatic carbocycles. The Morgan fingerprint density at radius 3 is 3.00 bits per heavy atom. The summed E-state index contributed by atoms with van der Waals surface area (Å²) in [6, 6.07) is 9.38. The summed E-state index contributed by atoms with van der Waals surface area (Å²) < 4.78 is 1.03. The van der Waals surface area contributed by atoms with Gasteiger partial charge in [-0.15, -0.1) is 0 Å². The van der Waals surface area contributed by atoms with Crippen LogP contribution in [0.25, 0.3) is 0 Å². The highest BCUT2D eigenvalue weighted by Crippen LogP contribution is 2.12. The van der Waals surface area contributed by atoms with E-state index in [0.717, 1.165) is 10.0 Å². The zero-order valence-electron chi connectivity index (χ0n) is 8.40. The summed E-state index contributed by atoms with van der Waals surface area (Å²) in [5.74, 6) is 0.573. The van der Waals surface area contributed by atoms with Crippen molar-refractivity contribution >= 4 is 21.7 Å². The molecule has 0 amide bonds. The molecule has 0 saturated carbocycles. The predicted molar refractivity (Wildman–Crippen MR) is 66.3 cm³/mol. The minimum absolute atomic E-state index is 0.160. The fraction of sp³-hybridized carbons (Fsp3) is 0.0909. The Balaban J connectivity index is 2.05. The normalized spacial score (nSPS) is 10.1. The first-order chi connectivity index (χ1) is 7.74. The number of rotatable bonds is 3. The van der Waals surface area contributed by atoms with Gasteiger partial charge < -0.3 is 10.3 Å². The quantitative estimate of drug-likeness (QED) is 0.905. The lowest BCUT2D eigenvalue weighted by atomic mass is 10.2. The highest BCUT2D eigenvalue weighted by Gasteiger charge is 1.96. The molecule has 4 nitrogen and oxygen atoms in total. The lowest BCUT2D eigenvalue weighted by molar-refractivity contribution is 1.06. The minimum Gasteiger partial charge on any atom is -0.366 e. The van der Waals surface area contributed by atoms with Gasteiger partial charge in [-0.1, -0.05) is 28.1 Å². The summed E-state index contributed by atoms with van der Waals surface area (Å²) in [7, 11) is 0. The number of benzene rings is 1. The maximum absolute atomic E-state index is 11.0. The summed E-state index contributed by atoms with van der Waals surface area (Å²) in [5, 5.41) is 3.08. The van der Waals surface area contributed by atoms with E-state index in [4.69, 9.17) is 0 Å². The maximum atomic E-state index is 11.0. The minimum atomic E-state index is -0.160. The van der Waals surface area contributed by atoms with Gasteiger partial charge in [0.25, 0.3) is 5.56 Å². The van der Waals surface area contributed by atoms with Crippen LogP contribution in [0.1, 0.15) is 5.56 Å². The fourth-order valence-corrected chi connectivity index (χ4v) is 1.75. The number of hydrogen-bond acceptors (Lipinski definition) is 3. The van der Waals surface area contributed by atoms with Gasteiger partial charge in [-0.05, 0) is 17.7 Å². The van der Waals surface area contributed by atoms with E-state index < -0.39 is 0 Å². The third kappa shape index (κ3) is 2.93. The van der Waals surface area contributed by atoms with Crippen LogP contribution in [-0.2, 0) is 6.54 Å². The van der Waals surface area contributed by atoms with Crippen molar-refractivity contribution in [1.82, 2.24) is 9.97 Å². The van der Waals surface area contributed by atoms with Gasteiger partial charge in [-0.2, -0.15) is 0 Å². The first kappa shape index (κ1) is 10.9. The van der Waals surface area contributed by atoms with E-state index in [0.29, 0.717) is 12.4 Å². The van der Waals surface area contributed by atoms with E-state index in [1.165, 1.54) is 12.4 Å². The molecule has 5 heteroatoms. The molecule has 0 atom stereocenters. The van der Waals surface area contributed by atoms with Crippen molar-refractivity contribution in [2.24, 2.45) is 0 Å². The van der Waals surface area contributed by atoms with Crippen molar-refractivity contribution in [1.29, 1.82) is 0 Å². The molecule has 0 saturated heterocycles. The van der Waals surface area contributed by atoms with Gasteiger partial charge in [0, 0.05) is 17.1 Å². The van der Waals surface area contributed by atoms with Crippen molar-refractivity contribution < 1.29 is 0 Å². The van der Waals surface area contributed by atoms with Gasteiger partial charge in [-0.3, -0.25) is 4.79 Å². The Hall–Kier alpha value is -1.62. The lowest BCUT2D eigenvalue weighted by Crippen LogP contribution is -2.08. The number of hydrogen-bond donors (Lipinski definition) is 2. The summed E-state index contributed by atoms with van der Waals surface area (Å²) in [6.07, 6.45) is 1.38. The second-order valence-corrected chi connectivity index (χ2v) is 4.20. The number of halogens is 1. The number of nitrogens with zero attached hydrogens (tertiary/aromatic N) is 1.